The van der Waals surface area contributed by atoms with E-state index in [1.807, 2.05) is 0 Å². The maximum Gasteiger partial charge on any atom is 0.00360 e. The van der Waals surface area contributed by atoms with Gasteiger partial charge in [0, 0.05) is 6.04 Å². The molecule has 0 heterocycles. The third-order valence-electron chi connectivity index (χ3n) is 2.64. The quantitative estimate of drug-likeness (QED) is 0.570. The first-order valence-electron chi connectivity index (χ1n) is 5.64. The highest BCUT2D eigenvalue weighted by molar-refractivity contribution is 4.59. The van der Waals surface area contributed by atoms with Crippen LogP contribution in [0.2, 0.25) is 0 Å². The van der Waals surface area contributed by atoms with Gasteiger partial charge in [0.05, 0.1) is 0 Å². The van der Waals surface area contributed by atoms with Crippen LogP contribution in [0.15, 0.2) is 0 Å². The molecule has 0 saturated heterocycles. The van der Waals surface area contributed by atoms with Gasteiger partial charge in [-0.25, -0.2) is 0 Å². The van der Waals surface area contributed by atoms with E-state index in [4.69, 9.17) is 5.73 Å². The van der Waals surface area contributed by atoms with Crippen molar-refractivity contribution in [2.45, 2.75) is 52.5 Å². The van der Waals surface area contributed by atoms with Gasteiger partial charge in [0.15, 0.2) is 0 Å². The summed E-state index contributed by atoms with van der Waals surface area (Å²) >= 11 is 0. The largest absolute Gasteiger partial charge is 0.330 e. The molecular formula is C11H26N2. The maximum atomic E-state index is 5.49. The molecule has 0 saturated carbocycles. The molecule has 2 atom stereocenters. The molecule has 0 aliphatic rings. The number of hydrogen-bond acceptors (Lipinski definition) is 2. The van der Waals surface area contributed by atoms with Gasteiger partial charge in [0.25, 0.3) is 0 Å². The highest BCUT2D eigenvalue weighted by Crippen LogP contribution is 2.08. The van der Waals surface area contributed by atoms with Crippen LogP contribution >= 0.6 is 0 Å². The average molecular weight is 186 g/mol. The van der Waals surface area contributed by atoms with E-state index in [0.717, 1.165) is 19.0 Å². The fourth-order valence-corrected chi connectivity index (χ4v) is 1.37. The van der Waals surface area contributed by atoms with Gasteiger partial charge in [-0.3, -0.25) is 0 Å². The fraction of sp³-hybridized carbons (Fsp3) is 1.00. The van der Waals surface area contributed by atoms with Crippen molar-refractivity contribution >= 4 is 0 Å². The highest BCUT2D eigenvalue weighted by Gasteiger charge is 2.01. The summed E-state index contributed by atoms with van der Waals surface area (Å²) in [6.45, 7) is 8.73. The topological polar surface area (TPSA) is 38.0 Å². The van der Waals surface area contributed by atoms with Crippen molar-refractivity contribution in [2.24, 2.45) is 11.7 Å². The van der Waals surface area contributed by atoms with E-state index in [1.165, 1.54) is 25.7 Å². The van der Waals surface area contributed by atoms with Crippen LogP contribution < -0.4 is 11.1 Å². The van der Waals surface area contributed by atoms with E-state index in [2.05, 4.69) is 26.1 Å². The Labute approximate surface area is 83.3 Å². The van der Waals surface area contributed by atoms with E-state index in [9.17, 15) is 0 Å². The number of hydrogen-bond donors (Lipinski definition) is 2. The molecule has 2 unspecified atom stereocenters. The van der Waals surface area contributed by atoms with E-state index >= 15 is 0 Å². The van der Waals surface area contributed by atoms with E-state index in [1.54, 1.807) is 0 Å². The summed E-state index contributed by atoms with van der Waals surface area (Å²) in [7, 11) is 0. The van der Waals surface area contributed by atoms with Crippen LogP contribution in [0.4, 0.5) is 0 Å². The van der Waals surface area contributed by atoms with Gasteiger partial charge in [-0.15, -0.1) is 0 Å². The molecule has 0 aromatic heterocycles. The van der Waals surface area contributed by atoms with Crippen molar-refractivity contribution in [3.63, 3.8) is 0 Å². The lowest BCUT2D eigenvalue weighted by Gasteiger charge is -2.13. The van der Waals surface area contributed by atoms with Crippen molar-refractivity contribution in [2.75, 3.05) is 13.1 Å². The third kappa shape index (κ3) is 8.26. The molecule has 3 N–H and O–H groups in total. The minimum Gasteiger partial charge on any atom is -0.330 e. The normalized spacial score (nSPS) is 15.7. The lowest BCUT2D eigenvalue weighted by molar-refractivity contribution is 0.449. The van der Waals surface area contributed by atoms with Gasteiger partial charge >= 0.3 is 0 Å². The van der Waals surface area contributed by atoms with Crippen LogP contribution in [0.5, 0.6) is 0 Å². The molecule has 13 heavy (non-hydrogen) atoms. The molecule has 0 aliphatic carbocycles. The molecule has 0 bridgehead atoms. The first-order chi connectivity index (χ1) is 6.20. The lowest BCUT2D eigenvalue weighted by Crippen LogP contribution is -2.26. The van der Waals surface area contributed by atoms with Crippen molar-refractivity contribution in [3.05, 3.63) is 0 Å². The van der Waals surface area contributed by atoms with Crippen LogP contribution in [0.25, 0.3) is 0 Å². The molecule has 0 rings (SSSR count). The SMILES string of the molecule is CCC(C)NCCCC(C)CCN. The Hall–Kier alpha value is -0.0800. The predicted molar refractivity (Wildman–Crippen MR) is 59.8 cm³/mol. The molecule has 0 spiro atoms. The lowest BCUT2D eigenvalue weighted by atomic mass is 10.0. The van der Waals surface area contributed by atoms with Crippen molar-refractivity contribution in [1.82, 2.24) is 5.32 Å². The molecule has 0 amide bonds. The van der Waals surface area contributed by atoms with E-state index in [-0.39, 0.29) is 0 Å². The Morgan fingerprint density at radius 3 is 2.46 bits per heavy atom. The Morgan fingerprint density at radius 1 is 1.23 bits per heavy atom. The van der Waals surface area contributed by atoms with Crippen LogP contribution in [-0.2, 0) is 0 Å². The summed E-state index contributed by atoms with van der Waals surface area (Å²) in [4.78, 5) is 0. The third-order valence-corrected chi connectivity index (χ3v) is 2.64. The molecule has 0 fully saturated rings. The van der Waals surface area contributed by atoms with Gasteiger partial charge in [0.2, 0.25) is 0 Å². The van der Waals surface area contributed by atoms with Crippen LogP contribution in [0.1, 0.15) is 46.5 Å². The van der Waals surface area contributed by atoms with Gasteiger partial charge in [-0.2, -0.15) is 0 Å². The molecule has 0 aliphatic heterocycles. The molecule has 0 radical (unpaired) electrons. The minimum absolute atomic E-state index is 0.671. The van der Waals surface area contributed by atoms with Crippen molar-refractivity contribution in [1.29, 1.82) is 0 Å². The highest BCUT2D eigenvalue weighted by atomic mass is 14.9. The average Bonchev–Trinajstić information content (AvgIpc) is 2.12. The second kappa shape index (κ2) is 8.52. The second-order valence-corrected chi connectivity index (χ2v) is 4.09. The summed E-state index contributed by atoms with van der Waals surface area (Å²) in [5.74, 6) is 0.795. The molecule has 2 heteroatoms. The van der Waals surface area contributed by atoms with Crippen molar-refractivity contribution in [3.8, 4) is 0 Å². The smallest absolute Gasteiger partial charge is 0.00360 e. The van der Waals surface area contributed by atoms with E-state index < -0.39 is 0 Å². The first kappa shape index (κ1) is 12.9. The second-order valence-electron chi connectivity index (χ2n) is 4.09. The summed E-state index contributed by atoms with van der Waals surface area (Å²) in [6.07, 6.45) is 4.98. The minimum atomic E-state index is 0.671. The summed E-state index contributed by atoms with van der Waals surface area (Å²) < 4.78 is 0. The molecule has 2 nitrogen and oxygen atoms in total. The van der Waals surface area contributed by atoms with E-state index in [0.29, 0.717) is 6.04 Å². The summed E-state index contributed by atoms with van der Waals surface area (Å²) in [6, 6.07) is 0.671. The van der Waals surface area contributed by atoms with Gasteiger partial charge in [-0.1, -0.05) is 13.8 Å². The van der Waals surface area contributed by atoms with Gasteiger partial charge < -0.3 is 11.1 Å². The summed E-state index contributed by atoms with van der Waals surface area (Å²) in [5.41, 5.74) is 5.49. The number of rotatable bonds is 8. The Balaban J connectivity index is 3.15. The first-order valence-corrected chi connectivity index (χ1v) is 5.64. The van der Waals surface area contributed by atoms with Gasteiger partial charge in [-0.05, 0) is 51.6 Å². The van der Waals surface area contributed by atoms with Gasteiger partial charge in [0.1, 0.15) is 0 Å². The predicted octanol–water partition coefficient (Wildman–Crippen LogP) is 2.14. The molecular weight excluding hydrogens is 160 g/mol. The Kier molecular flexibility index (Phi) is 8.46. The van der Waals surface area contributed by atoms with Crippen LogP contribution in [0.3, 0.4) is 0 Å². The monoisotopic (exact) mass is 186 g/mol. The number of nitrogens with one attached hydrogen (secondary N) is 1. The fourth-order valence-electron chi connectivity index (χ4n) is 1.37. The van der Waals surface area contributed by atoms with Crippen LogP contribution in [-0.4, -0.2) is 19.1 Å². The number of nitrogens with two attached hydrogens (primary N) is 1. The molecule has 80 valence electrons. The molecule has 0 aromatic carbocycles. The standard InChI is InChI=1S/C11H26N2/c1-4-11(3)13-9-5-6-10(2)7-8-12/h10-11,13H,4-9,12H2,1-3H3. The Bertz CT molecular complexity index is 104. The zero-order valence-corrected chi connectivity index (χ0v) is 9.47. The maximum absolute atomic E-state index is 5.49. The van der Waals surface area contributed by atoms with Crippen molar-refractivity contribution < 1.29 is 0 Å². The zero-order chi connectivity index (χ0) is 10.1. The zero-order valence-electron chi connectivity index (χ0n) is 9.47. The van der Waals surface area contributed by atoms with Crippen LogP contribution in [0, 0.1) is 5.92 Å². The Morgan fingerprint density at radius 2 is 1.92 bits per heavy atom. The summed E-state index contributed by atoms with van der Waals surface area (Å²) in [5, 5.41) is 3.50. The molecule has 0 aromatic rings.